The van der Waals surface area contributed by atoms with Gasteiger partial charge in [0, 0.05) is 11.8 Å². The van der Waals surface area contributed by atoms with Crippen LogP contribution in [0.5, 0.6) is 0 Å². The van der Waals surface area contributed by atoms with Crippen molar-refractivity contribution in [2.45, 2.75) is 18.8 Å². The SMILES string of the molecule is Cc1ccc(N2C(=O)[C@@H]3[C@H](C2=O)[C@H](c2ccccc2)C=C[C@H]3c2ccccc2)cc1. The molecule has 1 heterocycles. The van der Waals surface area contributed by atoms with E-state index in [-0.39, 0.29) is 23.7 Å². The quantitative estimate of drug-likeness (QED) is 0.451. The number of fused-ring (bicyclic) bond motifs is 1. The molecule has 2 amide bonds. The molecule has 0 saturated carbocycles. The van der Waals surface area contributed by atoms with Crippen LogP contribution in [-0.2, 0) is 9.59 Å². The summed E-state index contributed by atoms with van der Waals surface area (Å²) in [7, 11) is 0. The van der Waals surface area contributed by atoms with Gasteiger partial charge in [0.05, 0.1) is 17.5 Å². The molecule has 1 saturated heterocycles. The third kappa shape index (κ3) is 2.98. The first kappa shape index (κ1) is 18.6. The maximum Gasteiger partial charge on any atom is 0.238 e. The molecule has 0 N–H and O–H groups in total. The lowest BCUT2D eigenvalue weighted by atomic mass is 9.68. The van der Waals surface area contributed by atoms with Crippen molar-refractivity contribution >= 4 is 17.5 Å². The van der Waals surface area contributed by atoms with Crippen molar-refractivity contribution in [1.29, 1.82) is 0 Å². The minimum atomic E-state index is -0.406. The van der Waals surface area contributed by atoms with Crippen LogP contribution in [-0.4, -0.2) is 11.8 Å². The molecule has 1 aliphatic heterocycles. The number of rotatable bonds is 3. The fourth-order valence-electron chi connectivity index (χ4n) is 4.88. The van der Waals surface area contributed by atoms with E-state index in [0.29, 0.717) is 5.69 Å². The molecule has 3 heteroatoms. The summed E-state index contributed by atoms with van der Waals surface area (Å²) < 4.78 is 0. The summed E-state index contributed by atoms with van der Waals surface area (Å²) in [6.07, 6.45) is 4.25. The van der Waals surface area contributed by atoms with E-state index >= 15 is 0 Å². The van der Waals surface area contributed by atoms with Crippen molar-refractivity contribution in [2.75, 3.05) is 4.90 Å². The van der Waals surface area contributed by atoms with Crippen LogP contribution >= 0.6 is 0 Å². The molecule has 1 fully saturated rings. The van der Waals surface area contributed by atoms with Crippen molar-refractivity contribution < 1.29 is 9.59 Å². The van der Waals surface area contributed by atoms with Gasteiger partial charge in [0.1, 0.15) is 0 Å². The molecule has 0 bridgehead atoms. The fraction of sp³-hybridized carbons (Fsp3) is 0.185. The number of anilines is 1. The lowest BCUT2D eigenvalue weighted by Gasteiger charge is -2.32. The summed E-state index contributed by atoms with van der Waals surface area (Å²) >= 11 is 0. The van der Waals surface area contributed by atoms with Gasteiger partial charge in [0.2, 0.25) is 11.8 Å². The van der Waals surface area contributed by atoms with E-state index in [0.717, 1.165) is 16.7 Å². The van der Waals surface area contributed by atoms with Crippen LogP contribution in [0.4, 0.5) is 5.69 Å². The van der Waals surface area contributed by atoms with Crippen LogP contribution in [0.1, 0.15) is 28.5 Å². The van der Waals surface area contributed by atoms with Crippen molar-refractivity contribution in [3.05, 3.63) is 114 Å². The summed E-state index contributed by atoms with van der Waals surface area (Å²) in [6.45, 7) is 2.00. The first-order valence-corrected chi connectivity index (χ1v) is 10.4. The van der Waals surface area contributed by atoms with Gasteiger partial charge in [-0.3, -0.25) is 9.59 Å². The highest BCUT2D eigenvalue weighted by molar-refractivity contribution is 6.23. The number of benzene rings is 3. The van der Waals surface area contributed by atoms with Crippen molar-refractivity contribution in [3.63, 3.8) is 0 Å². The molecule has 1 aliphatic carbocycles. The molecule has 148 valence electrons. The number of nitrogens with zero attached hydrogens (tertiary/aromatic N) is 1. The Morgan fingerprint density at radius 2 is 1.03 bits per heavy atom. The summed E-state index contributed by atoms with van der Waals surface area (Å²) in [4.78, 5) is 28.7. The fourth-order valence-corrected chi connectivity index (χ4v) is 4.88. The number of carbonyl (C=O) groups excluding carboxylic acids is 2. The highest BCUT2D eigenvalue weighted by atomic mass is 16.2. The zero-order valence-corrected chi connectivity index (χ0v) is 16.8. The largest absolute Gasteiger partial charge is 0.274 e. The van der Waals surface area contributed by atoms with E-state index in [9.17, 15) is 9.59 Å². The number of hydrogen-bond acceptors (Lipinski definition) is 2. The summed E-state index contributed by atoms with van der Waals surface area (Å²) in [5.74, 6) is -1.24. The summed E-state index contributed by atoms with van der Waals surface area (Å²) in [5.41, 5.74) is 3.90. The van der Waals surface area contributed by atoms with Gasteiger partial charge in [-0.2, -0.15) is 0 Å². The molecule has 2 aliphatic rings. The second-order valence-electron chi connectivity index (χ2n) is 8.16. The molecule has 0 unspecified atom stereocenters. The normalized spacial score (nSPS) is 25.4. The molecule has 5 rings (SSSR count). The Morgan fingerprint density at radius 3 is 1.47 bits per heavy atom. The highest BCUT2D eigenvalue weighted by Gasteiger charge is 2.55. The van der Waals surface area contributed by atoms with Gasteiger partial charge in [-0.25, -0.2) is 4.90 Å². The third-order valence-electron chi connectivity index (χ3n) is 6.36. The van der Waals surface area contributed by atoms with E-state index in [4.69, 9.17) is 0 Å². The molecular weight excluding hydrogens is 370 g/mol. The molecule has 3 aromatic rings. The number of imide groups is 1. The van der Waals surface area contributed by atoms with Gasteiger partial charge >= 0.3 is 0 Å². The predicted octanol–water partition coefficient (Wildman–Crippen LogP) is 5.24. The Bertz CT molecular complexity index is 1040. The second kappa shape index (κ2) is 7.42. The van der Waals surface area contributed by atoms with Crippen molar-refractivity contribution in [2.24, 2.45) is 11.8 Å². The molecule has 3 aromatic carbocycles. The van der Waals surface area contributed by atoms with Crippen molar-refractivity contribution in [3.8, 4) is 0 Å². The van der Waals surface area contributed by atoms with Gasteiger partial charge in [0.25, 0.3) is 0 Å². The molecule has 0 aromatic heterocycles. The molecular formula is C27H23NO2. The van der Waals surface area contributed by atoms with Gasteiger partial charge < -0.3 is 0 Å². The van der Waals surface area contributed by atoms with Gasteiger partial charge in [0.15, 0.2) is 0 Å². The zero-order chi connectivity index (χ0) is 20.7. The lowest BCUT2D eigenvalue weighted by Crippen LogP contribution is -2.31. The average molecular weight is 393 g/mol. The number of amides is 2. The Hall–Kier alpha value is -3.46. The Morgan fingerprint density at radius 1 is 0.600 bits per heavy atom. The number of carbonyl (C=O) groups is 2. The highest BCUT2D eigenvalue weighted by Crippen LogP contribution is 2.50. The van der Waals surface area contributed by atoms with Crippen LogP contribution in [0.2, 0.25) is 0 Å². The Kier molecular flexibility index (Phi) is 4.59. The number of allylic oxidation sites excluding steroid dienone is 2. The van der Waals surface area contributed by atoms with E-state index < -0.39 is 11.8 Å². The molecule has 0 spiro atoms. The lowest BCUT2D eigenvalue weighted by molar-refractivity contribution is -0.122. The van der Waals surface area contributed by atoms with Crippen LogP contribution in [0.25, 0.3) is 0 Å². The minimum Gasteiger partial charge on any atom is -0.274 e. The van der Waals surface area contributed by atoms with Crippen LogP contribution in [0.15, 0.2) is 97.1 Å². The van der Waals surface area contributed by atoms with E-state index in [1.807, 2.05) is 91.9 Å². The molecule has 4 atom stereocenters. The number of hydrogen-bond donors (Lipinski definition) is 0. The summed E-state index contributed by atoms with van der Waals surface area (Å²) in [6, 6.07) is 27.7. The van der Waals surface area contributed by atoms with E-state index in [1.54, 1.807) is 0 Å². The van der Waals surface area contributed by atoms with Crippen molar-refractivity contribution in [1.82, 2.24) is 0 Å². The smallest absolute Gasteiger partial charge is 0.238 e. The second-order valence-corrected chi connectivity index (χ2v) is 8.16. The number of aryl methyl sites for hydroxylation is 1. The van der Waals surface area contributed by atoms with Gasteiger partial charge in [-0.1, -0.05) is 90.5 Å². The van der Waals surface area contributed by atoms with Gasteiger partial charge in [-0.05, 0) is 30.2 Å². The van der Waals surface area contributed by atoms with E-state index in [2.05, 4.69) is 12.2 Å². The maximum atomic E-state index is 13.7. The summed E-state index contributed by atoms with van der Waals surface area (Å²) in [5, 5.41) is 0. The first-order valence-electron chi connectivity index (χ1n) is 10.4. The third-order valence-corrected chi connectivity index (χ3v) is 6.36. The van der Waals surface area contributed by atoms with Crippen LogP contribution < -0.4 is 4.90 Å². The topological polar surface area (TPSA) is 37.4 Å². The Labute approximate surface area is 176 Å². The maximum absolute atomic E-state index is 13.7. The van der Waals surface area contributed by atoms with Crippen LogP contribution in [0, 0.1) is 18.8 Å². The molecule has 30 heavy (non-hydrogen) atoms. The molecule has 3 nitrogen and oxygen atoms in total. The predicted molar refractivity (Wildman–Crippen MR) is 118 cm³/mol. The Balaban J connectivity index is 1.63. The van der Waals surface area contributed by atoms with E-state index in [1.165, 1.54) is 4.90 Å². The van der Waals surface area contributed by atoms with Gasteiger partial charge in [-0.15, -0.1) is 0 Å². The average Bonchev–Trinajstić information content (AvgIpc) is 3.06. The standard InChI is InChI=1S/C27H23NO2/c1-18-12-14-21(15-13-18)28-26(29)24-22(19-8-4-2-5-9-19)16-17-23(25(24)27(28)30)20-10-6-3-7-11-20/h2-17,22-25H,1H3/t22-,23-,24-,25+/m0/s1. The first-order chi connectivity index (χ1) is 14.6. The molecule has 0 radical (unpaired) electrons. The van der Waals surface area contributed by atoms with Crippen LogP contribution in [0.3, 0.4) is 0 Å². The zero-order valence-electron chi connectivity index (χ0n) is 16.8. The monoisotopic (exact) mass is 393 g/mol. The minimum absolute atomic E-state index is 0.104.